The number of likely N-dealkylation sites (tertiary alicyclic amines) is 1. The Hall–Kier alpha value is -4.57. The lowest BCUT2D eigenvalue weighted by Gasteiger charge is -2.27. The zero-order valence-corrected chi connectivity index (χ0v) is 27.9. The molecule has 2 amide bonds. The van der Waals surface area contributed by atoms with Crippen LogP contribution >= 0.6 is 0 Å². The number of carbonyl (C=O) groups is 5. The molecule has 0 aliphatic carbocycles. The molecular formula is C38H44N4O6. The van der Waals surface area contributed by atoms with Crippen LogP contribution < -0.4 is 5.32 Å². The highest BCUT2D eigenvalue weighted by Gasteiger charge is 2.50. The van der Waals surface area contributed by atoms with Gasteiger partial charge < -0.3 is 15.0 Å². The van der Waals surface area contributed by atoms with Crippen LogP contribution in [-0.4, -0.2) is 74.9 Å². The van der Waals surface area contributed by atoms with Gasteiger partial charge in [0.15, 0.2) is 17.3 Å². The molecule has 2 aromatic carbocycles. The van der Waals surface area contributed by atoms with Gasteiger partial charge in [-0.15, -0.1) is 0 Å². The van der Waals surface area contributed by atoms with E-state index in [9.17, 15) is 24.0 Å². The van der Waals surface area contributed by atoms with E-state index in [-0.39, 0.29) is 66.5 Å². The normalized spacial score (nSPS) is 19.8. The summed E-state index contributed by atoms with van der Waals surface area (Å²) in [7, 11) is 0. The van der Waals surface area contributed by atoms with Gasteiger partial charge in [-0.3, -0.25) is 29.0 Å². The van der Waals surface area contributed by atoms with Gasteiger partial charge in [0.2, 0.25) is 11.8 Å². The average molecular weight is 653 g/mol. The molecule has 3 heterocycles. The number of rotatable bonds is 16. The van der Waals surface area contributed by atoms with Crippen molar-refractivity contribution in [3.05, 3.63) is 84.4 Å². The van der Waals surface area contributed by atoms with E-state index >= 15 is 0 Å². The predicted molar refractivity (Wildman–Crippen MR) is 180 cm³/mol. The number of epoxide rings is 1. The predicted octanol–water partition coefficient (Wildman–Crippen LogP) is 4.80. The molecule has 48 heavy (non-hydrogen) atoms. The quantitative estimate of drug-likeness (QED) is 0.172. The van der Waals surface area contributed by atoms with Gasteiger partial charge >= 0.3 is 0 Å². The van der Waals surface area contributed by atoms with Gasteiger partial charge in [0.1, 0.15) is 11.3 Å². The number of nitrogens with zero attached hydrogens (tertiary/aromatic N) is 3. The molecule has 10 nitrogen and oxygen atoms in total. The first-order valence-electron chi connectivity index (χ1n) is 16.8. The number of Topliss-reactive ketones (excluding diaryl/α,β-unsaturated/α-hetero) is 3. The summed E-state index contributed by atoms with van der Waals surface area (Å²) in [5.41, 5.74) is 2.29. The Labute approximate surface area is 281 Å². The summed E-state index contributed by atoms with van der Waals surface area (Å²) in [6, 6.07) is 16.5. The second-order valence-electron chi connectivity index (χ2n) is 13.5. The molecule has 2 fully saturated rings. The first-order chi connectivity index (χ1) is 23.0. The number of aromatic nitrogens is 2. The first-order valence-corrected chi connectivity index (χ1v) is 16.8. The fourth-order valence-electron chi connectivity index (χ4n) is 6.33. The molecule has 4 atom stereocenters. The Balaban J connectivity index is 1.30. The number of hydrogen-bond acceptors (Lipinski definition) is 8. The summed E-state index contributed by atoms with van der Waals surface area (Å²) in [5, 5.41) is 2.98. The molecule has 2 aliphatic heterocycles. The third-order valence-electron chi connectivity index (χ3n) is 9.16. The van der Waals surface area contributed by atoms with E-state index in [4.69, 9.17) is 4.74 Å². The van der Waals surface area contributed by atoms with Gasteiger partial charge in [-0.1, -0.05) is 68.4 Å². The second kappa shape index (κ2) is 15.6. The lowest BCUT2D eigenvalue weighted by molar-refractivity contribution is -0.139. The molecule has 0 radical (unpaired) electrons. The zero-order chi connectivity index (χ0) is 34.3. The molecule has 2 saturated heterocycles. The van der Waals surface area contributed by atoms with E-state index in [0.717, 1.165) is 16.7 Å². The van der Waals surface area contributed by atoms with Crippen molar-refractivity contribution in [2.45, 2.75) is 83.4 Å². The van der Waals surface area contributed by atoms with Crippen molar-refractivity contribution >= 4 is 29.2 Å². The highest BCUT2D eigenvalue weighted by molar-refractivity contribution is 5.99. The number of ether oxygens (including phenoxy) is 1. The number of carbonyl (C=O) groups excluding carboxylic acids is 5. The van der Waals surface area contributed by atoms with Crippen LogP contribution in [0.5, 0.6) is 0 Å². The van der Waals surface area contributed by atoms with Crippen molar-refractivity contribution < 1.29 is 28.7 Å². The fourth-order valence-corrected chi connectivity index (χ4v) is 6.33. The molecule has 2 aliphatic rings. The fraction of sp³-hybridized carbons (Fsp3) is 0.447. The molecule has 1 aromatic heterocycles. The number of nitrogens with one attached hydrogen (secondary N) is 1. The van der Waals surface area contributed by atoms with Crippen LogP contribution in [0.3, 0.4) is 0 Å². The molecule has 10 heteroatoms. The standard InChI is InChI=1S/C38H44N4O6/c1-25(2)20-30(36(46)38(3)24-48-38)41-37(47)29(21-26-11-13-28(14-12-26)27-8-5-4-6-9-27)22-34(44)32-10-7-19-42(32)35(45)16-15-33(43)31-23-39-17-18-40-31/h4-6,8-9,11-14,17-18,23,25,29-30,32H,7,10,15-16,19-22,24H2,1-3H3,(H,41,47)/t29-,30+,32+,38-/m1/s1. The van der Waals surface area contributed by atoms with Crippen LogP contribution in [0.15, 0.2) is 73.2 Å². The number of hydrogen-bond donors (Lipinski definition) is 1. The molecule has 0 saturated carbocycles. The average Bonchev–Trinajstić information content (AvgIpc) is 3.65. The Kier molecular flexibility index (Phi) is 11.3. The Bertz CT molecular complexity index is 1610. The topological polar surface area (TPSA) is 139 Å². The molecule has 252 valence electrons. The molecule has 3 aromatic rings. The largest absolute Gasteiger partial charge is 0.361 e. The van der Waals surface area contributed by atoms with Gasteiger partial charge in [0.25, 0.3) is 0 Å². The summed E-state index contributed by atoms with van der Waals surface area (Å²) in [6.45, 7) is 6.45. The van der Waals surface area contributed by atoms with Gasteiger partial charge in [0, 0.05) is 44.1 Å². The van der Waals surface area contributed by atoms with E-state index in [1.54, 1.807) is 11.8 Å². The van der Waals surface area contributed by atoms with Crippen molar-refractivity contribution in [1.29, 1.82) is 0 Å². The third-order valence-corrected chi connectivity index (χ3v) is 9.16. The molecule has 1 N–H and O–H groups in total. The minimum Gasteiger partial charge on any atom is -0.361 e. The van der Waals surface area contributed by atoms with Crippen molar-refractivity contribution in [3.63, 3.8) is 0 Å². The van der Waals surface area contributed by atoms with Crippen LogP contribution in [-0.2, 0) is 30.3 Å². The van der Waals surface area contributed by atoms with E-state index in [0.29, 0.717) is 32.4 Å². The summed E-state index contributed by atoms with van der Waals surface area (Å²) < 4.78 is 5.41. The van der Waals surface area contributed by atoms with Gasteiger partial charge in [-0.25, -0.2) is 4.98 Å². The maximum atomic E-state index is 14.0. The summed E-state index contributed by atoms with van der Waals surface area (Å²) in [5.74, 6) is -1.91. The maximum Gasteiger partial charge on any atom is 0.224 e. The van der Waals surface area contributed by atoms with E-state index in [1.165, 1.54) is 18.6 Å². The van der Waals surface area contributed by atoms with E-state index < -0.39 is 23.6 Å². The Morgan fingerprint density at radius 2 is 1.69 bits per heavy atom. The first kappa shape index (κ1) is 34.8. The van der Waals surface area contributed by atoms with Crippen LogP contribution in [0.1, 0.15) is 75.3 Å². The zero-order valence-electron chi connectivity index (χ0n) is 27.9. The number of amides is 2. The minimum absolute atomic E-state index is 0.0349. The van der Waals surface area contributed by atoms with Crippen molar-refractivity contribution in [1.82, 2.24) is 20.2 Å². The third kappa shape index (κ3) is 8.86. The number of ketones is 3. The van der Waals surface area contributed by atoms with Gasteiger partial charge in [0.05, 0.1) is 24.9 Å². The maximum absolute atomic E-state index is 14.0. The van der Waals surface area contributed by atoms with Crippen LogP contribution in [0, 0.1) is 11.8 Å². The monoisotopic (exact) mass is 652 g/mol. The summed E-state index contributed by atoms with van der Waals surface area (Å²) in [6.07, 6.45) is 5.99. The molecule has 5 rings (SSSR count). The van der Waals surface area contributed by atoms with Gasteiger partial charge in [-0.05, 0) is 55.2 Å². The highest BCUT2D eigenvalue weighted by Crippen LogP contribution is 2.30. The second-order valence-corrected chi connectivity index (χ2v) is 13.5. The van der Waals surface area contributed by atoms with Crippen LogP contribution in [0.2, 0.25) is 0 Å². The highest BCUT2D eigenvalue weighted by atomic mass is 16.6. The van der Waals surface area contributed by atoms with E-state index in [1.807, 2.05) is 68.4 Å². The van der Waals surface area contributed by atoms with Gasteiger partial charge in [-0.2, -0.15) is 0 Å². The molecule has 0 spiro atoms. The molecular weight excluding hydrogens is 608 g/mol. The van der Waals surface area contributed by atoms with Crippen LogP contribution in [0.25, 0.3) is 11.1 Å². The van der Waals surface area contributed by atoms with Crippen LogP contribution in [0.4, 0.5) is 0 Å². The van der Waals surface area contributed by atoms with Crippen molar-refractivity contribution in [2.24, 2.45) is 11.8 Å². The summed E-state index contributed by atoms with van der Waals surface area (Å²) in [4.78, 5) is 76.4. The smallest absolute Gasteiger partial charge is 0.224 e. The Morgan fingerprint density at radius 1 is 0.979 bits per heavy atom. The van der Waals surface area contributed by atoms with E-state index in [2.05, 4.69) is 15.3 Å². The Morgan fingerprint density at radius 3 is 2.33 bits per heavy atom. The lowest BCUT2D eigenvalue weighted by atomic mass is 9.88. The molecule has 0 unspecified atom stereocenters. The lowest BCUT2D eigenvalue weighted by Crippen LogP contribution is -2.49. The SMILES string of the molecule is CC(C)C[C@H](NC(=O)[C@@H](CC(=O)[C@@H]1CCCN1C(=O)CCC(=O)c1cnccn1)Cc1ccc(-c2ccccc2)cc1)C(=O)[C@@]1(C)CO1. The summed E-state index contributed by atoms with van der Waals surface area (Å²) >= 11 is 0. The number of benzene rings is 2. The minimum atomic E-state index is -0.898. The molecule has 0 bridgehead atoms. The van der Waals surface area contributed by atoms with Crippen molar-refractivity contribution in [2.75, 3.05) is 13.2 Å². The van der Waals surface area contributed by atoms with Crippen molar-refractivity contribution in [3.8, 4) is 11.1 Å².